The summed E-state index contributed by atoms with van der Waals surface area (Å²) >= 11 is 12.0. The van der Waals surface area contributed by atoms with Crippen LogP contribution >= 0.6 is 23.2 Å². The highest BCUT2D eigenvalue weighted by atomic mass is 35.5. The van der Waals surface area contributed by atoms with Crippen molar-refractivity contribution in [2.24, 2.45) is 0 Å². The molecule has 2 aromatic carbocycles. The molecule has 0 atom stereocenters. The molecule has 0 saturated carbocycles. The highest BCUT2D eigenvalue weighted by Crippen LogP contribution is 2.26. The van der Waals surface area contributed by atoms with Gasteiger partial charge >= 0.3 is 0 Å². The third-order valence-electron chi connectivity index (χ3n) is 2.97. The maximum Gasteiger partial charge on any atom is 0.224 e. The van der Waals surface area contributed by atoms with Gasteiger partial charge in [-0.05, 0) is 35.9 Å². The summed E-state index contributed by atoms with van der Waals surface area (Å²) in [7, 11) is 0. The van der Waals surface area contributed by atoms with Crippen LogP contribution in [0.15, 0.2) is 42.5 Å². The summed E-state index contributed by atoms with van der Waals surface area (Å²) in [5.74, 6) is -0.0269. The van der Waals surface area contributed by atoms with Crippen LogP contribution in [0.5, 0.6) is 0 Å². The van der Waals surface area contributed by atoms with Crippen molar-refractivity contribution < 1.29 is 4.79 Å². The third kappa shape index (κ3) is 4.66. The molecule has 2 aromatic rings. The molecule has 1 amide bonds. The molecule has 0 aliphatic heterocycles. The lowest BCUT2D eigenvalue weighted by Gasteiger charge is -2.11. The van der Waals surface area contributed by atoms with Crippen LogP contribution in [0.2, 0.25) is 10.0 Å². The van der Waals surface area contributed by atoms with Crippen molar-refractivity contribution in [2.75, 3.05) is 10.6 Å². The molecular weight excluding hydrogens is 307 g/mol. The summed E-state index contributed by atoms with van der Waals surface area (Å²) in [5, 5.41) is 7.38. The maximum atomic E-state index is 11.4. The molecule has 0 saturated heterocycles. The van der Waals surface area contributed by atoms with Crippen LogP contribution in [0.4, 0.5) is 11.4 Å². The Balaban J connectivity index is 2.06. The monoisotopic (exact) mass is 322 g/mol. The molecule has 21 heavy (non-hydrogen) atoms. The molecule has 0 aliphatic carbocycles. The van der Waals surface area contributed by atoms with Gasteiger partial charge in [0.15, 0.2) is 0 Å². The van der Waals surface area contributed by atoms with Gasteiger partial charge in [0, 0.05) is 23.7 Å². The Morgan fingerprint density at radius 2 is 1.81 bits per heavy atom. The molecule has 0 aromatic heterocycles. The number of benzene rings is 2. The fraction of sp³-hybridized carbons (Fsp3) is 0.188. The average Bonchev–Trinajstić information content (AvgIpc) is 2.49. The number of halogens is 2. The first-order valence-electron chi connectivity index (χ1n) is 6.66. The zero-order chi connectivity index (χ0) is 15.2. The summed E-state index contributed by atoms with van der Waals surface area (Å²) in [6.45, 7) is 2.44. The minimum Gasteiger partial charge on any atom is -0.380 e. The predicted octanol–water partition coefficient (Wildman–Crippen LogP) is 4.95. The Kier molecular flexibility index (Phi) is 5.48. The highest BCUT2D eigenvalue weighted by molar-refractivity contribution is 6.33. The largest absolute Gasteiger partial charge is 0.380 e. The van der Waals surface area contributed by atoms with Crippen LogP contribution < -0.4 is 10.6 Å². The lowest BCUT2D eigenvalue weighted by atomic mass is 10.2. The lowest BCUT2D eigenvalue weighted by Crippen LogP contribution is -2.09. The number of anilines is 2. The molecule has 3 nitrogen and oxygen atoms in total. The fourth-order valence-electron chi connectivity index (χ4n) is 1.79. The molecule has 2 N–H and O–H groups in total. The molecular formula is C16H16Cl2N2O. The zero-order valence-electron chi connectivity index (χ0n) is 11.6. The van der Waals surface area contributed by atoms with Crippen molar-refractivity contribution in [3.63, 3.8) is 0 Å². The van der Waals surface area contributed by atoms with Crippen molar-refractivity contribution in [2.45, 2.75) is 19.9 Å². The Labute approximate surface area is 134 Å². The van der Waals surface area contributed by atoms with E-state index in [9.17, 15) is 4.79 Å². The second-order valence-corrected chi connectivity index (χ2v) is 5.42. The quantitative estimate of drug-likeness (QED) is 0.817. The standard InChI is InChI=1S/C16H16Cl2N2O/c1-2-16(21)20-13-7-8-14(18)15(9-13)19-10-11-3-5-12(17)6-4-11/h3-9,19H,2,10H2,1H3,(H,20,21). The summed E-state index contributed by atoms with van der Waals surface area (Å²) in [4.78, 5) is 11.4. The average molecular weight is 323 g/mol. The highest BCUT2D eigenvalue weighted by Gasteiger charge is 2.04. The molecule has 0 fully saturated rings. The van der Waals surface area contributed by atoms with Gasteiger partial charge < -0.3 is 10.6 Å². The van der Waals surface area contributed by atoms with Gasteiger partial charge in [0.2, 0.25) is 5.91 Å². The first-order chi connectivity index (χ1) is 10.1. The summed E-state index contributed by atoms with van der Waals surface area (Å²) in [6, 6.07) is 13.0. The lowest BCUT2D eigenvalue weighted by molar-refractivity contribution is -0.115. The van der Waals surface area contributed by atoms with Gasteiger partial charge in [0.05, 0.1) is 10.7 Å². The molecule has 0 spiro atoms. The van der Waals surface area contributed by atoms with Gasteiger partial charge in [-0.1, -0.05) is 42.3 Å². The Morgan fingerprint density at radius 1 is 1.10 bits per heavy atom. The van der Waals surface area contributed by atoms with Gasteiger partial charge in [-0.15, -0.1) is 0 Å². The maximum absolute atomic E-state index is 11.4. The fourth-order valence-corrected chi connectivity index (χ4v) is 2.10. The number of hydrogen-bond donors (Lipinski definition) is 2. The normalized spacial score (nSPS) is 10.2. The molecule has 110 valence electrons. The smallest absolute Gasteiger partial charge is 0.224 e. The molecule has 2 rings (SSSR count). The van der Waals surface area contributed by atoms with Crippen LogP contribution in [0, 0.1) is 0 Å². The van der Waals surface area contributed by atoms with Gasteiger partial charge in [-0.3, -0.25) is 4.79 Å². The number of carbonyl (C=O) groups excluding carboxylic acids is 1. The van der Waals surface area contributed by atoms with Crippen LogP contribution in [0.3, 0.4) is 0 Å². The predicted molar refractivity (Wildman–Crippen MR) is 89.2 cm³/mol. The first-order valence-corrected chi connectivity index (χ1v) is 7.42. The zero-order valence-corrected chi connectivity index (χ0v) is 13.1. The van der Waals surface area contributed by atoms with Crippen molar-refractivity contribution in [1.82, 2.24) is 0 Å². The second-order valence-electron chi connectivity index (χ2n) is 4.58. The number of nitrogens with one attached hydrogen (secondary N) is 2. The Hall–Kier alpha value is -1.71. The summed E-state index contributed by atoms with van der Waals surface area (Å²) < 4.78 is 0. The van der Waals surface area contributed by atoms with Gasteiger partial charge in [0.1, 0.15) is 0 Å². The Bertz CT molecular complexity index is 627. The van der Waals surface area contributed by atoms with E-state index in [0.29, 0.717) is 23.0 Å². The van der Waals surface area contributed by atoms with Crippen LogP contribution in [0.25, 0.3) is 0 Å². The van der Waals surface area contributed by atoms with Crippen molar-refractivity contribution in [3.05, 3.63) is 58.1 Å². The van der Waals surface area contributed by atoms with E-state index in [1.165, 1.54) is 0 Å². The van der Waals surface area contributed by atoms with E-state index in [2.05, 4.69) is 10.6 Å². The molecule has 0 radical (unpaired) electrons. The van der Waals surface area contributed by atoms with Crippen LogP contribution in [-0.4, -0.2) is 5.91 Å². The molecule has 5 heteroatoms. The summed E-state index contributed by atoms with van der Waals surface area (Å²) in [5.41, 5.74) is 2.60. The number of rotatable bonds is 5. The van der Waals surface area contributed by atoms with E-state index in [0.717, 1.165) is 16.9 Å². The summed E-state index contributed by atoms with van der Waals surface area (Å²) in [6.07, 6.45) is 0.441. The van der Waals surface area contributed by atoms with Gasteiger partial charge in [0.25, 0.3) is 0 Å². The minimum absolute atomic E-state index is 0.0269. The van der Waals surface area contributed by atoms with Gasteiger partial charge in [-0.2, -0.15) is 0 Å². The number of amides is 1. The first kappa shape index (κ1) is 15.7. The molecule has 0 heterocycles. The van der Waals surface area contributed by atoms with Crippen LogP contribution in [0.1, 0.15) is 18.9 Å². The van der Waals surface area contributed by atoms with Crippen molar-refractivity contribution in [1.29, 1.82) is 0 Å². The number of carbonyl (C=O) groups is 1. The molecule has 0 bridgehead atoms. The van der Waals surface area contributed by atoms with Crippen molar-refractivity contribution in [3.8, 4) is 0 Å². The van der Waals surface area contributed by atoms with E-state index < -0.39 is 0 Å². The van der Waals surface area contributed by atoms with E-state index in [1.807, 2.05) is 37.3 Å². The van der Waals surface area contributed by atoms with E-state index >= 15 is 0 Å². The Morgan fingerprint density at radius 3 is 2.48 bits per heavy atom. The van der Waals surface area contributed by atoms with Crippen LogP contribution in [-0.2, 0) is 11.3 Å². The third-order valence-corrected chi connectivity index (χ3v) is 3.55. The molecule has 0 aliphatic rings. The topological polar surface area (TPSA) is 41.1 Å². The van der Waals surface area contributed by atoms with E-state index in [1.54, 1.807) is 12.1 Å². The van der Waals surface area contributed by atoms with E-state index in [4.69, 9.17) is 23.2 Å². The SMILES string of the molecule is CCC(=O)Nc1ccc(Cl)c(NCc2ccc(Cl)cc2)c1. The van der Waals surface area contributed by atoms with Crippen molar-refractivity contribution >= 4 is 40.5 Å². The van der Waals surface area contributed by atoms with Gasteiger partial charge in [-0.25, -0.2) is 0 Å². The molecule has 0 unspecified atom stereocenters. The second kappa shape index (κ2) is 7.34. The number of hydrogen-bond acceptors (Lipinski definition) is 2. The van der Waals surface area contributed by atoms with E-state index in [-0.39, 0.29) is 5.91 Å². The minimum atomic E-state index is -0.0269.